The summed E-state index contributed by atoms with van der Waals surface area (Å²) in [4.78, 5) is 10.4. The Kier molecular flexibility index (Phi) is 4.94. The summed E-state index contributed by atoms with van der Waals surface area (Å²) >= 11 is 2.05. The second kappa shape index (κ2) is 6.00. The fourth-order valence-corrected chi connectivity index (χ4v) is 1.62. The van der Waals surface area contributed by atoms with Crippen LogP contribution in [0.1, 0.15) is 6.92 Å². The number of rotatable bonds is 5. The molecule has 5 nitrogen and oxygen atoms in total. The standard InChI is InChI=1S/C10H13IN2O3/c1-7(16-2)6-12-9-4-3-8(11)5-10(9)13(14)15/h3-5,7,12H,6H2,1-2H3. The topological polar surface area (TPSA) is 64.4 Å². The lowest BCUT2D eigenvalue weighted by Crippen LogP contribution is -2.18. The van der Waals surface area contributed by atoms with Crippen LogP contribution < -0.4 is 5.32 Å². The lowest BCUT2D eigenvalue weighted by atomic mass is 10.2. The number of anilines is 1. The number of methoxy groups -OCH3 is 1. The Hall–Kier alpha value is -0.890. The number of nitrogens with zero attached hydrogens (tertiary/aromatic N) is 1. The number of halogens is 1. The number of nitro benzene ring substituents is 1. The molecular weight excluding hydrogens is 323 g/mol. The van der Waals surface area contributed by atoms with E-state index in [2.05, 4.69) is 5.32 Å². The van der Waals surface area contributed by atoms with Crippen LogP contribution in [-0.2, 0) is 4.74 Å². The molecule has 6 heteroatoms. The average molecular weight is 336 g/mol. The highest BCUT2D eigenvalue weighted by Gasteiger charge is 2.14. The van der Waals surface area contributed by atoms with E-state index in [1.54, 1.807) is 19.2 Å². The molecule has 0 saturated heterocycles. The van der Waals surface area contributed by atoms with Gasteiger partial charge < -0.3 is 10.1 Å². The second-order valence-electron chi connectivity index (χ2n) is 3.35. The highest BCUT2D eigenvalue weighted by atomic mass is 127. The SMILES string of the molecule is COC(C)CNc1ccc(I)cc1[N+](=O)[O-]. The molecule has 16 heavy (non-hydrogen) atoms. The van der Waals surface area contributed by atoms with Gasteiger partial charge in [0.15, 0.2) is 0 Å². The van der Waals surface area contributed by atoms with Crippen molar-refractivity contribution in [1.29, 1.82) is 0 Å². The second-order valence-corrected chi connectivity index (χ2v) is 4.59. The average Bonchev–Trinajstić information content (AvgIpc) is 2.26. The van der Waals surface area contributed by atoms with Gasteiger partial charge in [-0.1, -0.05) is 0 Å². The number of nitro groups is 1. The highest BCUT2D eigenvalue weighted by molar-refractivity contribution is 14.1. The maximum Gasteiger partial charge on any atom is 0.293 e. The smallest absolute Gasteiger partial charge is 0.293 e. The lowest BCUT2D eigenvalue weighted by Gasteiger charge is -2.12. The van der Waals surface area contributed by atoms with E-state index in [0.29, 0.717) is 12.2 Å². The summed E-state index contributed by atoms with van der Waals surface area (Å²) < 4.78 is 5.90. The van der Waals surface area contributed by atoms with Crippen LogP contribution >= 0.6 is 22.6 Å². The van der Waals surface area contributed by atoms with E-state index >= 15 is 0 Å². The van der Waals surface area contributed by atoms with Crippen LogP contribution in [0.25, 0.3) is 0 Å². The van der Waals surface area contributed by atoms with Gasteiger partial charge in [-0.3, -0.25) is 10.1 Å². The van der Waals surface area contributed by atoms with Gasteiger partial charge >= 0.3 is 0 Å². The van der Waals surface area contributed by atoms with E-state index in [1.165, 1.54) is 0 Å². The van der Waals surface area contributed by atoms with Gasteiger partial charge in [0.05, 0.1) is 11.0 Å². The molecule has 0 heterocycles. The normalized spacial score (nSPS) is 12.2. The monoisotopic (exact) mass is 336 g/mol. The summed E-state index contributed by atoms with van der Waals surface area (Å²) in [5.41, 5.74) is 0.615. The number of benzene rings is 1. The predicted molar refractivity (Wildman–Crippen MR) is 70.8 cm³/mol. The summed E-state index contributed by atoms with van der Waals surface area (Å²) in [6, 6.07) is 5.08. The van der Waals surface area contributed by atoms with E-state index in [0.717, 1.165) is 3.57 Å². The molecule has 1 N–H and O–H groups in total. The van der Waals surface area contributed by atoms with Crippen LogP contribution in [0.15, 0.2) is 18.2 Å². The lowest BCUT2D eigenvalue weighted by molar-refractivity contribution is -0.384. The first kappa shape index (κ1) is 13.2. The molecule has 0 aromatic heterocycles. The van der Waals surface area contributed by atoms with E-state index in [9.17, 15) is 10.1 Å². The van der Waals surface area contributed by atoms with E-state index in [4.69, 9.17) is 4.74 Å². The zero-order valence-electron chi connectivity index (χ0n) is 9.07. The van der Waals surface area contributed by atoms with E-state index in [-0.39, 0.29) is 16.7 Å². The quantitative estimate of drug-likeness (QED) is 0.510. The molecule has 0 spiro atoms. The molecule has 0 saturated carbocycles. The molecule has 0 aliphatic heterocycles. The van der Waals surface area contributed by atoms with Gasteiger partial charge in [0.2, 0.25) is 0 Å². The van der Waals surface area contributed by atoms with E-state index < -0.39 is 0 Å². The molecule has 88 valence electrons. The van der Waals surface area contributed by atoms with Gasteiger partial charge in [0.1, 0.15) is 5.69 Å². The predicted octanol–water partition coefficient (Wildman–Crippen LogP) is 2.65. The Balaban J connectivity index is 2.82. The van der Waals surface area contributed by atoms with Crippen molar-refractivity contribution in [2.75, 3.05) is 19.0 Å². The number of nitrogens with one attached hydrogen (secondary N) is 1. The van der Waals surface area contributed by atoms with Gasteiger partial charge in [-0.05, 0) is 41.6 Å². The van der Waals surface area contributed by atoms with Crippen molar-refractivity contribution in [3.63, 3.8) is 0 Å². The molecule has 1 rings (SSSR count). The Labute approximate surface area is 107 Å². The summed E-state index contributed by atoms with van der Waals surface area (Å²) in [5, 5.41) is 13.8. The van der Waals surface area contributed by atoms with Gasteiger partial charge in [-0.15, -0.1) is 0 Å². The molecule has 1 unspecified atom stereocenters. The molecule has 0 aliphatic carbocycles. The molecule has 0 radical (unpaired) electrons. The molecule has 0 fully saturated rings. The largest absolute Gasteiger partial charge is 0.380 e. The first-order valence-electron chi connectivity index (χ1n) is 4.75. The van der Waals surface area contributed by atoms with Crippen LogP contribution in [0.5, 0.6) is 0 Å². The number of ether oxygens (including phenoxy) is 1. The zero-order valence-corrected chi connectivity index (χ0v) is 11.2. The molecule has 1 atom stereocenters. The van der Waals surface area contributed by atoms with Gasteiger partial charge in [0, 0.05) is 23.3 Å². The zero-order chi connectivity index (χ0) is 12.1. The molecule has 0 amide bonds. The fraction of sp³-hybridized carbons (Fsp3) is 0.400. The van der Waals surface area contributed by atoms with Gasteiger partial charge in [0.25, 0.3) is 5.69 Å². The van der Waals surface area contributed by atoms with Crippen molar-refractivity contribution in [2.24, 2.45) is 0 Å². The fourth-order valence-electron chi connectivity index (χ4n) is 1.14. The maximum absolute atomic E-state index is 10.8. The van der Waals surface area contributed by atoms with Crippen LogP contribution in [0.2, 0.25) is 0 Å². The molecule has 0 bridgehead atoms. The van der Waals surface area contributed by atoms with Crippen molar-refractivity contribution in [3.8, 4) is 0 Å². The first-order chi connectivity index (χ1) is 7.54. The minimum atomic E-state index is -0.387. The van der Waals surface area contributed by atoms with E-state index in [1.807, 2.05) is 35.6 Å². The van der Waals surface area contributed by atoms with Gasteiger partial charge in [-0.2, -0.15) is 0 Å². The Morgan fingerprint density at radius 1 is 1.62 bits per heavy atom. The maximum atomic E-state index is 10.8. The molecule has 0 aliphatic rings. The molecule has 1 aromatic rings. The van der Waals surface area contributed by atoms with Crippen LogP contribution in [0.3, 0.4) is 0 Å². The van der Waals surface area contributed by atoms with Crippen molar-refractivity contribution in [3.05, 3.63) is 31.9 Å². The summed E-state index contributed by atoms with van der Waals surface area (Å²) in [5.74, 6) is 0. The minimum absolute atomic E-state index is 0.0129. The number of hydrogen-bond acceptors (Lipinski definition) is 4. The third-order valence-electron chi connectivity index (χ3n) is 2.14. The Morgan fingerprint density at radius 2 is 2.31 bits per heavy atom. The minimum Gasteiger partial charge on any atom is -0.380 e. The van der Waals surface area contributed by atoms with Crippen LogP contribution in [0, 0.1) is 13.7 Å². The van der Waals surface area contributed by atoms with Crippen molar-refractivity contribution < 1.29 is 9.66 Å². The first-order valence-corrected chi connectivity index (χ1v) is 5.83. The Morgan fingerprint density at radius 3 is 2.88 bits per heavy atom. The summed E-state index contributed by atoms with van der Waals surface area (Å²) in [6.07, 6.45) is 0.0129. The molecule has 1 aromatic carbocycles. The third kappa shape index (κ3) is 3.60. The summed E-state index contributed by atoms with van der Waals surface area (Å²) in [7, 11) is 1.61. The number of hydrogen-bond donors (Lipinski definition) is 1. The van der Waals surface area contributed by atoms with Crippen molar-refractivity contribution >= 4 is 34.0 Å². The van der Waals surface area contributed by atoms with Gasteiger partial charge in [-0.25, -0.2) is 0 Å². The van der Waals surface area contributed by atoms with Crippen molar-refractivity contribution in [2.45, 2.75) is 13.0 Å². The molecular formula is C10H13IN2O3. The third-order valence-corrected chi connectivity index (χ3v) is 2.81. The Bertz CT molecular complexity index is 384. The highest BCUT2D eigenvalue weighted by Crippen LogP contribution is 2.26. The van der Waals surface area contributed by atoms with Crippen LogP contribution in [-0.4, -0.2) is 24.7 Å². The van der Waals surface area contributed by atoms with Crippen LogP contribution in [0.4, 0.5) is 11.4 Å². The van der Waals surface area contributed by atoms with Crippen molar-refractivity contribution in [1.82, 2.24) is 0 Å². The summed E-state index contributed by atoms with van der Waals surface area (Å²) in [6.45, 7) is 2.43.